The van der Waals surface area contributed by atoms with Crippen LogP contribution in [0.4, 0.5) is 0 Å². The van der Waals surface area contributed by atoms with Crippen molar-refractivity contribution in [2.24, 2.45) is 5.41 Å². The van der Waals surface area contributed by atoms with Crippen LogP contribution in [0.15, 0.2) is 27.6 Å². The first kappa shape index (κ1) is 16.2. The molecule has 0 unspecified atom stereocenters. The van der Waals surface area contributed by atoms with E-state index in [4.69, 9.17) is 11.6 Å². The van der Waals surface area contributed by atoms with E-state index in [0.717, 1.165) is 23.7 Å². The normalized spacial score (nSPS) is 26.9. The molecule has 0 spiro atoms. The number of aliphatic hydroxyl groups is 1. The minimum atomic E-state index is -3.69. The second kappa shape index (κ2) is 5.93. The molecular weight excluding hydrogens is 366 g/mol. The standard InChI is InChI=1S/C13H17BrClNO3S/c1-13(8-17)6-2-3-12(13)16-20(18,19)11-5-4-9(14)7-10(11)15/h4-5,7,12,16-17H,2-3,6,8H2,1H3/t12-,13-/m1/s1. The van der Waals surface area contributed by atoms with Crippen LogP contribution in [0, 0.1) is 5.41 Å². The Morgan fingerprint density at radius 1 is 1.55 bits per heavy atom. The minimum Gasteiger partial charge on any atom is -0.396 e. The zero-order valence-corrected chi connectivity index (χ0v) is 14.2. The van der Waals surface area contributed by atoms with Gasteiger partial charge in [-0.3, -0.25) is 0 Å². The van der Waals surface area contributed by atoms with E-state index in [-0.39, 0.29) is 22.6 Å². The first-order chi connectivity index (χ1) is 9.28. The molecule has 1 aliphatic rings. The SMILES string of the molecule is C[C@]1(CO)CCC[C@H]1NS(=O)(=O)c1ccc(Br)cc1Cl. The van der Waals surface area contributed by atoms with Crippen LogP contribution in [-0.4, -0.2) is 26.2 Å². The maximum Gasteiger partial charge on any atom is 0.242 e. The lowest BCUT2D eigenvalue weighted by Gasteiger charge is -2.29. The third kappa shape index (κ3) is 3.20. The molecule has 2 atom stereocenters. The van der Waals surface area contributed by atoms with Crippen molar-refractivity contribution in [3.05, 3.63) is 27.7 Å². The first-order valence-corrected chi connectivity index (χ1v) is 9.02. The predicted octanol–water partition coefficient (Wildman–Crippen LogP) is 2.93. The number of aliphatic hydroxyl groups excluding tert-OH is 1. The molecule has 0 amide bonds. The van der Waals surface area contributed by atoms with Crippen molar-refractivity contribution in [1.29, 1.82) is 0 Å². The summed E-state index contributed by atoms with van der Waals surface area (Å²) in [6, 6.07) is 4.40. The summed E-state index contributed by atoms with van der Waals surface area (Å²) in [5.41, 5.74) is -0.408. The molecule has 2 rings (SSSR count). The largest absolute Gasteiger partial charge is 0.396 e. The molecule has 20 heavy (non-hydrogen) atoms. The lowest BCUT2D eigenvalue weighted by atomic mass is 9.86. The summed E-state index contributed by atoms with van der Waals surface area (Å²) in [7, 11) is -3.69. The van der Waals surface area contributed by atoms with Crippen LogP contribution in [-0.2, 0) is 10.0 Å². The van der Waals surface area contributed by atoms with Gasteiger partial charge in [-0.2, -0.15) is 0 Å². The van der Waals surface area contributed by atoms with Crippen LogP contribution in [0.2, 0.25) is 5.02 Å². The van der Waals surface area contributed by atoms with Gasteiger partial charge < -0.3 is 5.11 Å². The van der Waals surface area contributed by atoms with Crippen molar-refractivity contribution in [3.63, 3.8) is 0 Å². The van der Waals surface area contributed by atoms with Crippen molar-refractivity contribution in [3.8, 4) is 0 Å². The molecule has 0 bridgehead atoms. The molecule has 0 aliphatic heterocycles. The van der Waals surface area contributed by atoms with Crippen molar-refractivity contribution >= 4 is 37.6 Å². The average Bonchev–Trinajstić information content (AvgIpc) is 2.70. The first-order valence-electron chi connectivity index (χ1n) is 6.37. The number of benzene rings is 1. The fraction of sp³-hybridized carbons (Fsp3) is 0.538. The van der Waals surface area contributed by atoms with Crippen molar-refractivity contribution in [2.45, 2.75) is 37.1 Å². The topological polar surface area (TPSA) is 66.4 Å². The fourth-order valence-electron chi connectivity index (χ4n) is 2.57. The van der Waals surface area contributed by atoms with Gasteiger partial charge in [0, 0.05) is 22.5 Å². The molecule has 1 saturated carbocycles. The Morgan fingerprint density at radius 3 is 2.85 bits per heavy atom. The molecule has 1 aromatic carbocycles. The second-order valence-corrected chi connectivity index (χ2v) is 8.46. The molecule has 1 fully saturated rings. The Labute approximate surface area is 132 Å². The zero-order chi connectivity index (χ0) is 15.0. The molecule has 0 heterocycles. The Hall–Kier alpha value is -0.140. The highest BCUT2D eigenvalue weighted by Gasteiger charge is 2.40. The van der Waals surface area contributed by atoms with Gasteiger partial charge in [0.25, 0.3) is 0 Å². The highest BCUT2D eigenvalue weighted by molar-refractivity contribution is 9.10. The zero-order valence-electron chi connectivity index (χ0n) is 11.1. The molecule has 0 saturated heterocycles. The average molecular weight is 383 g/mol. The molecule has 1 aromatic rings. The van der Waals surface area contributed by atoms with Gasteiger partial charge in [-0.05, 0) is 31.0 Å². The molecule has 0 aromatic heterocycles. The Morgan fingerprint density at radius 2 is 2.25 bits per heavy atom. The van der Waals surface area contributed by atoms with Crippen molar-refractivity contribution < 1.29 is 13.5 Å². The fourth-order valence-corrected chi connectivity index (χ4v) is 5.01. The molecular formula is C13H17BrClNO3S. The van der Waals surface area contributed by atoms with Crippen molar-refractivity contribution in [1.82, 2.24) is 4.72 Å². The van der Waals surface area contributed by atoms with E-state index in [9.17, 15) is 13.5 Å². The molecule has 112 valence electrons. The second-order valence-electron chi connectivity index (χ2n) is 5.45. The summed E-state index contributed by atoms with van der Waals surface area (Å²) in [6.45, 7) is 1.87. The number of hydrogen-bond acceptors (Lipinski definition) is 3. The number of sulfonamides is 1. The molecule has 2 N–H and O–H groups in total. The maximum absolute atomic E-state index is 12.4. The number of nitrogens with one attached hydrogen (secondary N) is 1. The lowest BCUT2D eigenvalue weighted by molar-refractivity contribution is 0.127. The van der Waals surface area contributed by atoms with Crippen LogP contribution < -0.4 is 4.72 Å². The summed E-state index contributed by atoms with van der Waals surface area (Å²) >= 11 is 9.25. The quantitative estimate of drug-likeness (QED) is 0.841. The van der Waals surface area contributed by atoms with Gasteiger partial charge in [-0.25, -0.2) is 13.1 Å². The summed E-state index contributed by atoms with van der Waals surface area (Å²) in [5.74, 6) is 0. The van der Waals surface area contributed by atoms with E-state index in [1.165, 1.54) is 6.07 Å². The Bertz CT molecular complexity index is 608. The van der Waals surface area contributed by atoms with E-state index in [1.807, 2.05) is 6.92 Å². The highest BCUT2D eigenvalue weighted by atomic mass is 79.9. The summed E-state index contributed by atoms with van der Waals surface area (Å²) < 4.78 is 28.3. The Kier molecular flexibility index (Phi) is 4.81. The maximum atomic E-state index is 12.4. The van der Waals surface area contributed by atoms with E-state index in [1.54, 1.807) is 12.1 Å². The van der Waals surface area contributed by atoms with Gasteiger partial charge in [-0.1, -0.05) is 40.9 Å². The molecule has 0 radical (unpaired) electrons. The smallest absolute Gasteiger partial charge is 0.242 e. The van der Waals surface area contributed by atoms with Crippen LogP contribution in [0.3, 0.4) is 0 Å². The number of hydrogen-bond donors (Lipinski definition) is 2. The van der Waals surface area contributed by atoms with Crippen LogP contribution in [0.25, 0.3) is 0 Å². The van der Waals surface area contributed by atoms with Gasteiger partial charge >= 0.3 is 0 Å². The molecule has 1 aliphatic carbocycles. The Balaban J connectivity index is 2.28. The van der Waals surface area contributed by atoms with E-state index in [2.05, 4.69) is 20.7 Å². The molecule has 4 nitrogen and oxygen atoms in total. The molecule has 7 heteroatoms. The van der Waals surface area contributed by atoms with Gasteiger partial charge in [-0.15, -0.1) is 0 Å². The van der Waals surface area contributed by atoms with E-state index < -0.39 is 15.4 Å². The van der Waals surface area contributed by atoms with Gasteiger partial charge in [0.2, 0.25) is 10.0 Å². The van der Waals surface area contributed by atoms with Crippen LogP contribution in [0.5, 0.6) is 0 Å². The van der Waals surface area contributed by atoms with Gasteiger partial charge in [0.1, 0.15) is 4.90 Å². The third-order valence-electron chi connectivity index (χ3n) is 3.92. The summed E-state index contributed by atoms with van der Waals surface area (Å²) in [5, 5.41) is 9.66. The highest BCUT2D eigenvalue weighted by Crippen LogP contribution is 2.38. The number of halogens is 2. The van der Waals surface area contributed by atoms with Crippen molar-refractivity contribution in [2.75, 3.05) is 6.61 Å². The van der Waals surface area contributed by atoms with Gasteiger partial charge in [0.15, 0.2) is 0 Å². The van der Waals surface area contributed by atoms with Crippen LogP contribution in [0.1, 0.15) is 26.2 Å². The lowest BCUT2D eigenvalue weighted by Crippen LogP contribution is -2.44. The summed E-state index contributed by atoms with van der Waals surface area (Å²) in [4.78, 5) is 0.0644. The third-order valence-corrected chi connectivity index (χ3v) is 6.37. The van der Waals surface area contributed by atoms with E-state index in [0.29, 0.717) is 0 Å². The summed E-state index contributed by atoms with van der Waals surface area (Å²) in [6.07, 6.45) is 2.44. The number of rotatable bonds is 4. The van der Waals surface area contributed by atoms with E-state index >= 15 is 0 Å². The van der Waals surface area contributed by atoms with Crippen LogP contribution >= 0.6 is 27.5 Å². The minimum absolute atomic E-state index is 0.0335. The monoisotopic (exact) mass is 381 g/mol. The predicted molar refractivity (Wildman–Crippen MR) is 82.3 cm³/mol. The van der Waals surface area contributed by atoms with Gasteiger partial charge in [0.05, 0.1) is 5.02 Å².